The van der Waals surface area contributed by atoms with Crippen LogP contribution >= 0.6 is 11.8 Å². The largest absolute Gasteiger partial charge is 0.387 e. The Morgan fingerprint density at radius 3 is 2.83 bits per heavy atom. The average molecular weight is 271 g/mol. The van der Waals surface area contributed by atoms with E-state index in [1.165, 1.54) is 6.07 Å². The Morgan fingerprint density at radius 2 is 2.17 bits per heavy atom. The summed E-state index contributed by atoms with van der Waals surface area (Å²) in [5, 5.41) is 12.8. The molecule has 0 aromatic heterocycles. The Balaban J connectivity index is 2.30. The minimum Gasteiger partial charge on any atom is -0.387 e. The minimum absolute atomic E-state index is 0.293. The molecule has 1 rings (SSSR count). The van der Waals surface area contributed by atoms with Gasteiger partial charge in [-0.15, -0.1) is 18.2 Å². The molecule has 0 amide bonds. The number of hydrogen-bond acceptors (Lipinski definition) is 3. The Kier molecular flexibility index (Phi) is 6.73. The van der Waals surface area contributed by atoms with Crippen LogP contribution in [0.2, 0.25) is 0 Å². The molecule has 0 aliphatic heterocycles. The van der Waals surface area contributed by atoms with Crippen molar-refractivity contribution >= 4 is 11.8 Å². The number of aliphatic hydroxyl groups excluding tert-OH is 1. The van der Waals surface area contributed by atoms with Crippen LogP contribution in [0.15, 0.2) is 18.2 Å². The molecule has 2 N–H and O–H groups in total. The summed E-state index contributed by atoms with van der Waals surface area (Å²) in [7, 11) is 0. The highest BCUT2D eigenvalue weighted by atomic mass is 32.2. The highest BCUT2D eigenvalue weighted by Gasteiger charge is 2.10. The van der Waals surface area contributed by atoms with Crippen molar-refractivity contribution in [2.24, 2.45) is 0 Å². The summed E-state index contributed by atoms with van der Waals surface area (Å²) in [6.07, 6.45) is 4.25. The van der Waals surface area contributed by atoms with Crippen molar-refractivity contribution in [3.05, 3.63) is 35.4 Å². The smallest absolute Gasteiger partial charge is 0.159 e. The van der Waals surface area contributed by atoms with Crippen molar-refractivity contribution in [3.8, 4) is 12.3 Å². The third-order valence-corrected chi connectivity index (χ3v) is 3.14. The third kappa shape index (κ3) is 5.05. The van der Waals surface area contributed by atoms with Gasteiger partial charge in [0.2, 0.25) is 0 Å². The van der Waals surface area contributed by atoms with Gasteiger partial charge in [0.15, 0.2) is 11.6 Å². The molecule has 0 spiro atoms. The molecule has 0 aliphatic carbocycles. The van der Waals surface area contributed by atoms with Crippen LogP contribution in [0.5, 0.6) is 0 Å². The van der Waals surface area contributed by atoms with E-state index in [0.29, 0.717) is 24.4 Å². The van der Waals surface area contributed by atoms with Crippen LogP contribution in [-0.2, 0) is 0 Å². The molecular weight excluding hydrogens is 256 g/mol. The zero-order valence-electron chi connectivity index (χ0n) is 9.83. The average Bonchev–Trinajstić information content (AvgIpc) is 2.36. The summed E-state index contributed by atoms with van der Waals surface area (Å²) in [4.78, 5) is 0. The fourth-order valence-corrected chi connectivity index (χ4v) is 1.90. The molecule has 1 aromatic carbocycles. The lowest BCUT2D eigenvalue weighted by molar-refractivity contribution is 0.175. The lowest BCUT2D eigenvalue weighted by Crippen LogP contribution is -2.24. The fraction of sp³-hybridized carbons (Fsp3) is 0.385. The maximum Gasteiger partial charge on any atom is 0.159 e. The van der Waals surface area contributed by atoms with E-state index in [1.807, 2.05) is 0 Å². The maximum absolute atomic E-state index is 12.9. The monoisotopic (exact) mass is 271 g/mol. The van der Waals surface area contributed by atoms with Crippen LogP contribution in [0, 0.1) is 24.0 Å². The molecule has 0 saturated heterocycles. The zero-order chi connectivity index (χ0) is 13.4. The van der Waals surface area contributed by atoms with Crippen molar-refractivity contribution in [1.82, 2.24) is 5.32 Å². The van der Waals surface area contributed by atoms with E-state index in [0.717, 1.165) is 17.9 Å². The Hall–Kier alpha value is -1.09. The van der Waals surface area contributed by atoms with Gasteiger partial charge in [-0.2, -0.15) is 0 Å². The number of halogens is 2. The van der Waals surface area contributed by atoms with Crippen LogP contribution < -0.4 is 5.32 Å². The van der Waals surface area contributed by atoms with E-state index >= 15 is 0 Å². The lowest BCUT2D eigenvalue weighted by Gasteiger charge is -2.12. The van der Waals surface area contributed by atoms with Crippen molar-refractivity contribution in [2.75, 3.05) is 24.6 Å². The van der Waals surface area contributed by atoms with Gasteiger partial charge in [-0.3, -0.25) is 0 Å². The summed E-state index contributed by atoms with van der Waals surface area (Å²) in [5.41, 5.74) is 0.359. The second-order valence-corrected chi connectivity index (χ2v) is 4.76. The minimum atomic E-state index is -0.948. The first-order valence-electron chi connectivity index (χ1n) is 5.50. The van der Waals surface area contributed by atoms with Crippen molar-refractivity contribution in [2.45, 2.75) is 6.10 Å². The number of rotatable bonds is 7. The summed E-state index contributed by atoms with van der Waals surface area (Å²) in [5.74, 6) is 2.16. The standard InChI is InChI=1S/C13H15F2NOS/c1-2-6-18-7-5-16-9-13(17)10-3-4-11(14)12(15)8-10/h1,3-4,8,13,16-17H,5-7,9H2. The third-order valence-electron chi connectivity index (χ3n) is 2.27. The highest BCUT2D eigenvalue weighted by molar-refractivity contribution is 7.99. The van der Waals surface area contributed by atoms with E-state index in [2.05, 4.69) is 11.2 Å². The van der Waals surface area contributed by atoms with E-state index in [-0.39, 0.29) is 0 Å². The lowest BCUT2D eigenvalue weighted by atomic mass is 10.1. The van der Waals surface area contributed by atoms with Crippen molar-refractivity contribution < 1.29 is 13.9 Å². The van der Waals surface area contributed by atoms with Crippen LogP contribution in [0.25, 0.3) is 0 Å². The van der Waals surface area contributed by atoms with Gasteiger partial charge in [-0.05, 0) is 17.7 Å². The molecule has 18 heavy (non-hydrogen) atoms. The number of thioether (sulfide) groups is 1. The first-order valence-corrected chi connectivity index (χ1v) is 6.65. The number of benzene rings is 1. The predicted molar refractivity (Wildman–Crippen MR) is 70.3 cm³/mol. The molecule has 0 fully saturated rings. The normalized spacial score (nSPS) is 12.1. The number of hydrogen-bond donors (Lipinski definition) is 2. The Bertz CT molecular complexity index is 420. The Morgan fingerprint density at radius 1 is 1.39 bits per heavy atom. The molecule has 98 valence electrons. The molecule has 0 radical (unpaired) electrons. The van der Waals surface area contributed by atoms with Gasteiger partial charge in [0, 0.05) is 18.8 Å². The first-order chi connectivity index (χ1) is 8.65. The van der Waals surface area contributed by atoms with Crippen LogP contribution in [0.1, 0.15) is 11.7 Å². The van der Waals surface area contributed by atoms with Crippen LogP contribution in [0.4, 0.5) is 8.78 Å². The molecule has 0 heterocycles. The SMILES string of the molecule is C#CCSCCNCC(O)c1ccc(F)c(F)c1. The maximum atomic E-state index is 12.9. The van der Waals surface area contributed by atoms with E-state index in [4.69, 9.17) is 6.42 Å². The summed E-state index contributed by atoms with van der Waals surface area (Å²) in [6, 6.07) is 3.39. The van der Waals surface area contributed by atoms with Crippen LogP contribution in [0.3, 0.4) is 0 Å². The second-order valence-electron chi connectivity index (χ2n) is 3.65. The van der Waals surface area contributed by atoms with E-state index in [9.17, 15) is 13.9 Å². The molecule has 5 heteroatoms. The second kappa shape index (κ2) is 8.09. The molecule has 0 aliphatic rings. The molecule has 1 aromatic rings. The summed E-state index contributed by atoms with van der Waals surface area (Å²) < 4.78 is 25.6. The van der Waals surface area contributed by atoms with Gasteiger partial charge in [0.1, 0.15) is 0 Å². The molecule has 0 bridgehead atoms. The Labute approximate surface area is 110 Å². The van der Waals surface area contributed by atoms with Gasteiger partial charge in [-0.1, -0.05) is 12.0 Å². The predicted octanol–water partition coefficient (Wildman–Crippen LogP) is 1.95. The topological polar surface area (TPSA) is 32.3 Å². The molecule has 1 unspecified atom stereocenters. The van der Waals surface area contributed by atoms with E-state index < -0.39 is 17.7 Å². The number of nitrogens with one attached hydrogen (secondary N) is 1. The fourth-order valence-electron chi connectivity index (χ4n) is 1.35. The van der Waals surface area contributed by atoms with Gasteiger partial charge in [0.05, 0.1) is 11.9 Å². The van der Waals surface area contributed by atoms with Gasteiger partial charge in [-0.25, -0.2) is 8.78 Å². The van der Waals surface area contributed by atoms with E-state index in [1.54, 1.807) is 11.8 Å². The molecular formula is C13H15F2NOS. The van der Waals surface area contributed by atoms with Gasteiger partial charge < -0.3 is 10.4 Å². The summed E-state index contributed by atoms with van der Waals surface area (Å²) >= 11 is 1.62. The number of aliphatic hydroxyl groups is 1. The molecule has 1 atom stereocenters. The zero-order valence-corrected chi connectivity index (χ0v) is 10.6. The number of terminal acetylenes is 1. The van der Waals surface area contributed by atoms with Crippen LogP contribution in [-0.4, -0.2) is 29.7 Å². The molecule has 2 nitrogen and oxygen atoms in total. The van der Waals surface area contributed by atoms with Gasteiger partial charge in [0.25, 0.3) is 0 Å². The van der Waals surface area contributed by atoms with Gasteiger partial charge >= 0.3 is 0 Å². The summed E-state index contributed by atoms with van der Waals surface area (Å²) in [6.45, 7) is 0.995. The van der Waals surface area contributed by atoms with Crippen molar-refractivity contribution in [1.29, 1.82) is 0 Å². The quantitative estimate of drug-likeness (QED) is 0.587. The first kappa shape index (κ1) is 15.0. The van der Waals surface area contributed by atoms with Crippen molar-refractivity contribution in [3.63, 3.8) is 0 Å². The highest BCUT2D eigenvalue weighted by Crippen LogP contribution is 2.15. The molecule has 0 saturated carbocycles.